The van der Waals surface area contributed by atoms with Crippen molar-refractivity contribution in [3.63, 3.8) is 0 Å². The van der Waals surface area contributed by atoms with Gasteiger partial charge in [0.2, 0.25) is 0 Å². The Morgan fingerprint density at radius 1 is 0.957 bits per heavy atom. The van der Waals surface area contributed by atoms with Gasteiger partial charge >= 0.3 is 7.12 Å². The van der Waals surface area contributed by atoms with Gasteiger partial charge in [0.15, 0.2) is 0 Å². The van der Waals surface area contributed by atoms with Gasteiger partial charge in [0.25, 0.3) is 0 Å². The van der Waals surface area contributed by atoms with Crippen molar-refractivity contribution in [2.75, 3.05) is 0 Å². The molecule has 1 aliphatic rings. The van der Waals surface area contributed by atoms with Crippen molar-refractivity contribution in [3.8, 4) is 0 Å². The molecule has 0 bridgehead atoms. The van der Waals surface area contributed by atoms with Crippen molar-refractivity contribution in [2.45, 2.75) is 38.9 Å². The number of fused-ring (bicyclic) bond motifs is 3. The third-order valence-corrected chi connectivity index (χ3v) is 6.43. The van der Waals surface area contributed by atoms with Gasteiger partial charge in [-0.2, -0.15) is 0 Å². The third-order valence-electron chi connectivity index (χ3n) is 4.98. The molecule has 1 aliphatic heterocycles. The molecule has 2 aromatic carbocycles. The van der Waals surface area contributed by atoms with E-state index >= 15 is 0 Å². The van der Waals surface area contributed by atoms with Crippen LogP contribution in [0.2, 0.25) is 5.02 Å². The van der Waals surface area contributed by atoms with Crippen LogP contribution in [-0.2, 0) is 9.31 Å². The SMILES string of the molecule is CC1(C)OB(c2cc(Cl)cc3c2sc2ccccc23)OC1(C)C. The van der Waals surface area contributed by atoms with Crippen molar-refractivity contribution >= 4 is 55.7 Å². The minimum atomic E-state index is -0.394. The zero-order valence-corrected chi connectivity index (χ0v) is 15.2. The Balaban J connectivity index is 1.94. The average Bonchev–Trinajstić information content (AvgIpc) is 2.93. The minimum Gasteiger partial charge on any atom is -0.399 e. The van der Waals surface area contributed by atoms with Crippen LogP contribution in [0, 0.1) is 0 Å². The number of thiophene rings is 1. The molecule has 0 unspecified atom stereocenters. The van der Waals surface area contributed by atoms with E-state index in [0.717, 1.165) is 5.46 Å². The summed E-state index contributed by atoms with van der Waals surface area (Å²) in [5.41, 5.74) is 0.304. The van der Waals surface area contributed by atoms with Gasteiger partial charge in [-0.05, 0) is 45.9 Å². The highest BCUT2D eigenvalue weighted by atomic mass is 35.5. The highest BCUT2D eigenvalue weighted by Crippen LogP contribution is 2.39. The normalized spacial score (nSPS) is 19.8. The molecule has 2 nitrogen and oxygen atoms in total. The molecule has 4 rings (SSSR count). The molecule has 1 aromatic heterocycles. The smallest absolute Gasteiger partial charge is 0.399 e. The third kappa shape index (κ3) is 2.32. The van der Waals surface area contributed by atoms with Crippen LogP contribution in [0.3, 0.4) is 0 Å². The van der Waals surface area contributed by atoms with Crippen molar-refractivity contribution < 1.29 is 9.31 Å². The molecule has 0 saturated carbocycles. The van der Waals surface area contributed by atoms with Crippen LogP contribution in [0.15, 0.2) is 36.4 Å². The van der Waals surface area contributed by atoms with E-state index in [1.54, 1.807) is 11.3 Å². The predicted octanol–water partition coefficient (Wildman–Crippen LogP) is 5.01. The van der Waals surface area contributed by atoms with Gasteiger partial charge in [-0.1, -0.05) is 29.8 Å². The predicted molar refractivity (Wildman–Crippen MR) is 100 cm³/mol. The Hall–Kier alpha value is -1.07. The standard InChI is InChI=1S/C18H18BClO2S/c1-17(2)18(3,4)22-19(21-17)14-10-11(20)9-13-12-7-5-6-8-15(12)23-16(13)14/h5-10H,1-4H3. The van der Waals surface area contributed by atoms with Crippen LogP contribution < -0.4 is 5.46 Å². The zero-order valence-electron chi connectivity index (χ0n) is 13.6. The number of benzene rings is 2. The summed E-state index contributed by atoms with van der Waals surface area (Å²) in [5, 5.41) is 3.11. The Bertz CT molecular complexity index is 900. The second-order valence-corrected chi connectivity index (χ2v) is 8.55. The second-order valence-electron chi connectivity index (χ2n) is 7.06. The summed E-state index contributed by atoms with van der Waals surface area (Å²) in [6.45, 7) is 8.28. The van der Waals surface area contributed by atoms with E-state index in [1.165, 1.54) is 20.2 Å². The Labute approximate surface area is 145 Å². The van der Waals surface area contributed by atoms with Crippen LogP contribution in [0.25, 0.3) is 20.2 Å². The van der Waals surface area contributed by atoms with Gasteiger partial charge in [-0.3, -0.25) is 0 Å². The van der Waals surface area contributed by atoms with Crippen molar-refractivity contribution in [2.24, 2.45) is 0 Å². The van der Waals surface area contributed by atoms with E-state index in [9.17, 15) is 0 Å². The average molecular weight is 345 g/mol. The first-order chi connectivity index (χ1) is 10.8. The van der Waals surface area contributed by atoms with E-state index in [-0.39, 0.29) is 11.2 Å². The summed E-state index contributed by atoms with van der Waals surface area (Å²) >= 11 is 8.16. The molecule has 0 aliphatic carbocycles. The summed E-state index contributed by atoms with van der Waals surface area (Å²) < 4.78 is 14.9. The topological polar surface area (TPSA) is 18.5 Å². The molecule has 0 radical (unpaired) electrons. The van der Waals surface area contributed by atoms with E-state index in [0.29, 0.717) is 5.02 Å². The van der Waals surface area contributed by atoms with Crippen molar-refractivity contribution in [1.82, 2.24) is 0 Å². The molecule has 2 heterocycles. The molecule has 0 atom stereocenters. The number of hydrogen-bond acceptors (Lipinski definition) is 3. The highest BCUT2D eigenvalue weighted by molar-refractivity contribution is 7.27. The molecular weight excluding hydrogens is 327 g/mol. The lowest BCUT2D eigenvalue weighted by atomic mass is 9.78. The largest absolute Gasteiger partial charge is 0.496 e. The Kier molecular flexibility index (Phi) is 3.34. The molecule has 0 N–H and O–H groups in total. The van der Waals surface area contributed by atoms with Crippen LogP contribution in [0.4, 0.5) is 0 Å². The fourth-order valence-electron chi connectivity index (χ4n) is 2.96. The number of rotatable bonds is 1. The molecule has 23 heavy (non-hydrogen) atoms. The minimum absolute atomic E-state index is 0.358. The molecule has 3 aromatic rings. The van der Waals surface area contributed by atoms with Gasteiger partial charge in [-0.25, -0.2) is 0 Å². The molecule has 1 saturated heterocycles. The lowest BCUT2D eigenvalue weighted by molar-refractivity contribution is 0.00578. The summed E-state index contributed by atoms with van der Waals surface area (Å²) in [6.07, 6.45) is 0. The molecule has 0 spiro atoms. The second kappa shape index (κ2) is 4.96. The number of hydrogen-bond donors (Lipinski definition) is 0. The lowest BCUT2D eigenvalue weighted by Gasteiger charge is -2.32. The maximum Gasteiger partial charge on any atom is 0.496 e. The molecule has 1 fully saturated rings. The maximum absolute atomic E-state index is 6.40. The van der Waals surface area contributed by atoms with Crippen LogP contribution >= 0.6 is 22.9 Å². The van der Waals surface area contributed by atoms with Gasteiger partial charge in [0, 0.05) is 30.7 Å². The van der Waals surface area contributed by atoms with E-state index in [1.807, 2.05) is 12.1 Å². The zero-order chi connectivity index (χ0) is 16.4. The van der Waals surface area contributed by atoms with Crippen LogP contribution in [0.1, 0.15) is 27.7 Å². The Morgan fingerprint density at radius 3 is 2.30 bits per heavy atom. The monoisotopic (exact) mass is 344 g/mol. The van der Waals surface area contributed by atoms with Gasteiger partial charge in [-0.15, -0.1) is 11.3 Å². The summed E-state index contributed by atoms with van der Waals surface area (Å²) in [6, 6.07) is 12.4. The Morgan fingerprint density at radius 2 is 1.61 bits per heavy atom. The van der Waals surface area contributed by atoms with E-state index < -0.39 is 7.12 Å². The fraction of sp³-hybridized carbons (Fsp3) is 0.333. The summed E-state index contributed by atoms with van der Waals surface area (Å²) in [7, 11) is -0.394. The number of halogens is 1. The van der Waals surface area contributed by atoms with E-state index in [4.69, 9.17) is 20.9 Å². The van der Waals surface area contributed by atoms with E-state index in [2.05, 4.69) is 52.0 Å². The highest BCUT2D eigenvalue weighted by Gasteiger charge is 2.52. The van der Waals surface area contributed by atoms with Crippen LogP contribution in [-0.4, -0.2) is 18.3 Å². The quantitative estimate of drug-likeness (QED) is 0.578. The molecule has 118 valence electrons. The maximum atomic E-state index is 6.40. The van der Waals surface area contributed by atoms with Gasteiger partial charge in [0.05, 0.1) is 11.2 Å². The van der Waals surface area contributed by atoms with Crippen LogP contribution in [0.5, 0.6) is 0 Å². The van der Waals surface area contributed by atoms with Crippen molar-refractivity contribution in [1.29, 1.82) is 0 Å². The summed E-state index contributed by atoms with van der Waals surface area (Å²) in [5.74, 6) is 0. The first kappa shape index (κ1) is 15.5. The first-order valence-corrected chi connectivity index (χ1v) is 8.94. The summed E-state index contributed by atoms with van der Waals surface area (Å²) in [4.78, 5) is 0. The molecule has 0 amide bonds. The van der Waals surface area contributed by atoms with Gasteiger partial charge in [0.1, 0.15) is 0 Å². The molecule has 5 heteroatoms. The fourth-order valence-corrected chi connectivity index (χ4v) is 4.39. The van der Waals surface area contributed by atoms with Gasteiger partial charge < -0.3 is 9.31 Å². The molecular formula is C18H18BClO2S. The lowest BCUT2D eigenvalue weighted by Crippen LogP contribution is -2.41. The first-order valence-electron chi connectivity index (χ1n) is 7.75. The van der Waals surface area contributed by atoms with Crippen molar-refractivity contribution in [3.05, 3.63) is 41.4 Å².